The zero-order valence-corrected chi connectivity index (χ0v) is 12.7. The fourth-order valence-electron chi connectivity index (χ4n) is 2.28. The van der Waals surface area contributed by atoms with Crippen LogP contribution in [-0.2, 0) is 11.2 Å². The van der Waals surface area contributed by atoms with Gasteiger partial charge in [-0.25, -0.2) is 0 Å². The summed E-state index contributed by atoms with van der Waals surface area (Å²) in [4.78, 5) is 12.1. The molecule has 5 nitrogen and oxygen atoms in total. The van der Waals surface area contributed by atoms with Crippen molar-refractivity contribution in [2.45, 2.75) is 6.42 Å². The average Bonchev–Trinajstić information content (AvgIpc) is 3.11. The highest BCUT2D eigenvalue weighted by molar-refractivity contribution is 5.92. The van der Waals surface area contributed by atoms with E-state index in [1.807, 2.05) is 54.6 Å². The van der Waals surface area contributed by atoms with Crippen LogP contribution in [0.25, 0.3) is 11.3 Å². The Hall–Kier alpha value is -3.08. The molecule has 3 rings (SSSR count). The van der Waals surface area contributed by atoms with Crippen LogP contribution in [0.4, 0.5) is 5.69 Å². The molecule has 1 amide bonds. The number of methoxy groups -OCH3 is 1. The van der Waals surface area contributed by atoms with Gasteiger partial charge < -0.3 is 10.1 Å². The minimum Gasteiger partial charge on any atom is -0.497 e. The quantitative estimate of drug-likeness (QED) is 0.760. The zero-order chi connectivity index (χ0) is 16.1. The minimum absolute atomic E-state index is 0.0514. The van der Waals surface area contributed by atoms with Crippen LogP contribution >= 0.6 is 0 Å². The third kappa shape index (κ3) is 3.77. The van der Waals surface area contributed by atoms with Crippen LogP contribution in [0.15, 0.2) is 60.8 Å². The number of anilines is 1. The zero-order valence-electron chi connectivity index (χ0n) is 12.7. The van der Waals surface area contributed by atoms with Crippen LogP contribution in [0, 0.1) is 0 Å². The van der Waals surface area contributed by atoms with Gasteiger partial charge >= 0.3 is 0 Å². The minimum atomic E-state index is -0.0514. The number of nitrogens with one attached hydrogen (secondary N) is 2. The summed E-state index contributed by atoms with van der Waals surface area (Å²) in [5.74, 6) is 0.730. The highest BCUT2D eigenvalue weighted by Crippen LogP contribution is 2.19. The molecule has 0 aliphatic heterocycles. The van der Waals surface area contributed by atoms with Crippen LogP contribution in [0.5, 0.6) is 5.75 Å². The molecular formula is C18H17N3O2. The van der Waals surface area contributed by atoms with Crippen molar-refractivity contribution in [1.29, 1.82) is 0 Å². The number of ether oxygens (including phenoxy) is 1. The Kier molecular flexibility index (Phi) is 4.38. The Morgan fingerprint density at radius 2 is 1.83 bits per heavy atom. The molecule has 1 heterocycles. The van der Waals surface area contributed by atoms with Crippen molar-refractivity contribution in [3.63, 3.8) is 0 Å². The van der Waals surface area contributed by atoms with E-state index in [2.05, 4.69) is 15.5 Å². The Morgan fingerprint density at radius 1 is 1.09 bits per heavy atom. The molecule has 23 heavy (non-hydrogen) atoms. The topological polar surface area (TPSA) is 67.0 Å². The highest BCUT2D eigenvalue weighted by atomic mass is 16.5. The molecule has 3 aromatic rings. The fraction of sp³-hybridized carbons (Fsp3) is 0.111. The van der Waals surface area contributed by atoms with Crippen LogP contribution in [0.2, 0.25) is 0 Å². The summed E-state index contributed by atoms with van der Waals surface area (Å²) >= 11 is 0. The molecule has 0 radical (unpaired) electrons. The van der Waals surface area contributed by atoms with Gasteiger partial charge in [-0.15, -0.1) is 0 Å². The van der Waals surface area contributed by atoms with E-state index in [1.54, 1.807) is 13.3 Å². The monoisotopic (exact) mass is 307 g/mol. The summed E-state index contributed by atoms with van der Waals surface area (Å²) in [5, 5.41) is 9.73. The normalized spacial score (nSPS) is 10.3. The number of hydrogen-bond acceptors (Lipinski definition) is 3. The van der Waals surface area contributed by atoms with Crippen molar-refractivity contribution in [3.8, 4) is 17.0 Å². The number of H-pyrrole nitrogens is 1. The summed E-state index contributed by atoms with van der Waals surface area (Å²) in [6.07, 6.45) is 2.03. The Labute approximate surface area is 134 Å². The number of rotatable bonds is 5. The number of aromatic nitrogens is 2. The van der Waals surface area contributed by atoms with E-state index >= 15 is 0 Å². The van der Waals surface area contributed by atoms with Crippen molar-refractivity contribution < 1.29 is 9.53 Å². The molecule has 5 heteroatoms. The van der Waals surface area contributed by atoms with Gasteiger partial charge in [0.1, 0.15) is 5.75 Å². The van der Waals surface area contributed by atoms with Gasteiger partial charge in [-0.1, -0.05) is 24.3 Å². The molecule has 0 spiro atoms. The third-order valence-corrected chi connectivity index (χ3v) is 3.50. The van der Waals surface area contributed by atoms with Crippen molar-refractivity contribution in [2.75, 3.05) is 12.4 Å². The van der Waals surface area contributed by atoms with E-state index in [0.717, 1.165) is 28.3 Å². The van der Waals surface area contributed by atoms with Gasteiger partial charge in [0, 0.05) is 11.9 Å². The SMILES string of the molecule is COc1ccc(CC(=O)Nc2ccc(-c3ccn[nH]3)cc2)cc1. The lowest BCUT2D eigenvalue weighted by Gasteiger charge is -2.07. The summed E-state index contributed by atoms with van der Waals surface area (Å²) in [6.45, 7) is 0. The fourth-order valence-corrected chi connectivity index (χ4v) is 2.28. The largest absolute Gasteiger partial charge is 0.497 e. The van der Waals surface area contributed by atoms with Gasteiger partial charge in [-0.2, -0.15) is 5.10 Å². The Morgan fingerprint density at radius 3 is 2.43 bits per heavy atom. The summed E-state index contributed by atoms with van der Waals surface area (Å²) in [5.41, 5.74) is 3.68. The Balaban J connectivity index is 1.61. The lowest BCUT2D eigenvalue weighted by molar-refractivity contribution is -0.115. The van der Waals surface area contributed by atoms with E-state index in [1.165, 1.54) is 0 Å². The van der Waals surface area contributed by atoms with Gasteiger partial charge in [0.25, 0.3) is 0 Å². The molecule has 0 fully saturated rings. The third-order valence-electron chi connectivity index (χ3n) is 3.50. The molecule has 1 aromatic heterocycles. The number of hydrogen-bond donors (Lipinski definition) is 2. The first kappa shape index (κ1) is 14.8. The predicted octanol–water partition coefficient (Wildman–Crippen LogP) is 3.27. The smallest absolute Gasteiger partial charge is 0.228 e. The van der Waals surface area contributed by atoms with Crippen molar-refractivity contribution >= 4 is 11.6 Å². The number of aromatic amines is 1. The summed E-state index contributed by atoms with van der Waals surface area (Å²) in [7, 11) is 1.62. The van der Waals surface area contributed by atoms with Gasteiger partial charge in [-0.3, -0.25) is 9.89 Å². The van der Waals surface area contributed by atoms with Gasteiger partial charge in [0.05, 0.1) is 19.2 Å². The average molecular weight is 307 g/mol. The molecule has 0 bridgehead atoms. The number of nitrogens with zero attached hydrogens (tertiary/aromatic N) is 1. The van der Waals surface area contributed by atoms with E-state index < -0.39 is 0 Å². The second-order valence-electron chi connectivity index (χ2n) is 5.12. The predicted molar refractivity (Wildman–Crippen MR) is 89.4 cm³/mol. The van der Waals surface area contributed by atoms with E-state index in [0.29, 0.717) is 6.42 Å². The molecule has 2 N–H and O–H groups in total. The van der Waals surface area contributed by atoms with E-state index in [9.17, 15) is 4.79 Å². The first-order chi connectivity index (χ1) is 11.2. The van der Waals surface area contributed by atoms with Crippen molar-refractivity contribution in [1.82, 2.24) is 10.2 Å². The maximum atomic E-state index is 12.1. The molecule has 116 valence electrons. The van der Waals surface area contributed by atoms with Crippen LogP contribution < -0.4 is 10.1 Å². The standard InChI is InChI=1S/C18H17N3O2/c1-23-16-8-2-13(3-9-16)12-18(22)20-15-6-4-14(5-7-15)17-10-11-19-21-17/h2-11H,12H2,1H3,(H,19,21)(H,20,22). The molecule has 0 aliphatic rings. The Bertz CT molecular complexity index is 763. The summed E-state index contributed by atoms with van der Waals surface area (Å²) in [6, 6.07) is 17.0. The maximum absolute atomic E-state index is 12.1. The first-order valence-electron chi connectivity index (χ1n) is 7.27. The van der Waals surface area contributed by atoms with Crippen LogP contribution in [0.1, 0.15) is 5.56 Å². The van der Waals surface area contributed by atoms with E-state index in [-0.39, 0.29) is 5.91 Å². The number of benzene rings is 2. The van der Waals surface area contributed by atoms with Crippen LogP contribution in [0.3, 0.4) is 0 Å². The maximum Gasteiger partial charge on any atom is 0.228 e. The van der Waals surface area contributed by atoms with Crippen molar-refractivity contribution in [2.24, 2.45) is 0 Å². The molecule has 0 saturated heterocycles. The molecule has 2 aromatic carbocycles. The number of amides is 1. The second-order valence-corrected chi connectivity index (χ2v) is 5.12. The lowest BCUT2D eigenvalue weighted by Crippen LogP contribution is -2.14. The number of carbonyl (C=O) groups excluding carboxylic acids is 1. The molecule has 0 aliphatic carbocycles. The molecule has 0 saturated carbocycles. The highest BCUT2D eigenvalue weighted by Gasteiger charge is 2.05. The van der Waals surface area contributed by atoms with E-state index in [4.69, 9.17) is 4.74 Å². The lowest BCUT2D eigenvalue weighted by atomic mass is 10.1. The van der Waals surface area contributed by atoms with Crippen LogP contribution in [-0.4, -0.2) is 23.2 Å². The van der Waals surface area contributed by atoms with Gasteiger partial charge in [0.2, 0.25) is 5.91 Å². The number of carbonyl (C=O) groups is 1. The molecule has 0 unspecified atom stereocenters. The van der Waals surface area contributed by atoms with Crippen molar-refractivity contribution in [3.05, 3.63) is 66.4 Å². The second kappa shape index (κ2) is 6.79. The molecule has 0 atom stereocenters. The van der Waals surface area contributed by atoms with Gasteiger partial charge in [0.15, 0.2) is 0 Å². The molecular weight excluding hydrogens is 290 g/mol. The van der Waals surface area contributed by atoms with Gasteiger partial charge in [-0.05, 0) is 41.5 Å². The summed E-state index contributed by atoms with van der Waals surface area (Å²) < 4.78 is 5.10. The first-order valence-corrected chi connectivity index (χ1v) is 7.27.